The SMILES string of the molecule is O=CCCCCCCCCCCC(=O)NC1CCOC1=O. The summed E-state index contributed by atoms with van der Waals surface area (Å²) in [5, 5.41) is 2.72. The van der Waals surface area contributed by atoms with Crippen molar-refractivity contribution in [3.8, 4) is 0 Å². The fraction of sp³-hybridized carbons (Fsp3) is 0.812. The van der Waals surface area contributed by atoms with E-state index in [2.05, 4.69) is 5.32 Å². The van der Waals surface area contributed by atoms with Crippen LogP contribution >= 0.6 is 0 Å². The van der Waals surface area contributed by atoms with E-state index < -0.39 is 6.04 Å². The van der Waals surface area contributed by atoms with Gasteiger partial charge in [-0.15, -0.1) is 0 Å². The smallest absolute Gasteiger partial charge is 0.328 e. The van der Waals surface area contributed by atoms with Crippen LogP contribution in [0.3, 0.4) is 0 Å². The van der Waals surface area contributed by atoms with Crippen molar-refractivity contribution in [2.75, 3.05) is 6.61 Å². The first-order valence-corrected chi connectivity index (χ1v) is 8.13. The predicted octanol–water partition coefficient (Wildman–Crippen LogP) is 2.52. The molecule has 1 saturated heterocycles. The number of ether oxygens (including phenoxy) is 1. The lowest BCUT2D eigenvalue weighted by Gasteiger charge is -2.08. The molecule has 5 nitrogen and oxygen atoms in total. The summed E-state index contributed by atoms with van der Waals surface area (Å²) in [6, 6.07) is -0.427. The third-order valence-corrected chi connectivity index (χ3v) is 3.75. The highest BCUT2D eigenvalue weighted by Gasteiger charge is 2.27. The molecule has 0 bridgehead atoms. The van der Waals surface area contributed by atoms with Crippen molar-refractivity contribution in [2.45, 2.75) is 76.7 Å². The summed E-state index contributed by atoms with van der Waals surface area (Å²) in [7, 11) is 0. The maximum atomic E-state index is 11.6. The maximum absolute atomic E-state index is 11.6. The Morgan fingerprint density at radius 2 is 1.71 bits per heavy atom. The molecule has 5 heteroatoms. The second-order valence-electron chi connectivity index (χ2n) is 5.61. The largest absolute Gasteiger partial charge is 0.464 e. The fourth-order valence-electron chi connectivity index (χ4n) is 2.47. The quantitative estimate of drug-likeness (QED) is 0.341. The van der Waals surface area contributed by atoms with Crippen molar-refractivity contribution < 1.29 is 19.1 Å². The zero-order chi connectivity index (χ0) is 15.3. The summed E-state index contributed by atoms with van der Waals surface area (Å²) >= 11 is 0. The van der Waals surface area contributed by atoms with Crippen molar-refractivity contribution in [3.05, 3.63) is 0 Å². The van der Waals surface area contributed by atoms with Crippen LogP contribution in [0.5, 0.6) is 0 Å². The van der Waals surface area contributed by atoms with Gasteiger partial charge in [-0.25, -0.2) is 4.79 Å². The third-order valence-electron chi connectivity index (χ3n) is 3.75. The van der Waals surface area contributed by atoms with E-state index in [1.807, 2.05) is 0 Å². The number of nitrogens with one attached hydrogen (secondary N) is 1. The summed E-state index contributed by atoms with van der Waals surface area (Å²) in [5.74, 6) is -0.356. The first-order chi connectivity index (χ1) is 10.2. The zero-order valence-electron chi connectivity index (χ0n) is 12.8. The Morgan fingerprint density at radius 1 is 1.10 bits per heavy atom. The van der Waals surface area contributed by atoms with Gasteiger partial charge in [0, 0.05) is 19.3 Å². The van der Waals surface area contributed by atoms with Gasteiger partial charge in [0.2, 0.25) is 5.91 Å². The number of amides is 1. The van der Waals surface area contributed by atoms with E-state index in [1.165, 1.54) is 19.3 Å². The van der Waals surface area contributed by atoms with E-state index in [4.69, 9.17) is 4.74 Å². The van der Waals surface area contributed by atoms with Crippen LogP contribution in [0.4, 0.5) is 0 Å². The summed E-state index contributed by atoms with van der Waals surface area (Å²) in [6.07, 6.45) is 11.6. The van der Waals surface area contributed by atoms with Gasteiger partial charge in [0.1, 0.15) is 12.3 Å². The number of cyclic esters (lactones) is 1. The standard InChI is InChI=1S/C16H27NO4/c18-12-9-7-5-3-1-2-4-6-8-10-15(19)17-14-11-13-21-16(14)20/h12,14H,1-11,13H2,(H,17,19). The molecule has 120 valence electrons. The number of unbranched alkanes of at least 4 members (excludes halogenated alkanes) is 8. The number of aldehydes is 1. The Labute approximate surface area is 126 Å². The number of rotatable bonds is 12. The van der Waals surface area contributed by atoms with Gasteiger partial charge >= 0.3 is 5.97 Å². The van der Waals surface area contributed by atoms with E-state index in [0.29, 0.717) is 25.9 Å². The minimum atomic E-state index is -0.427. The first kappa shape index (κ1) is 17.7. The molecule has 1 unspecified atom stereocenters. The molecule has 0 radical (unpaired) electrons. The summed E-state index contributed by atoms with van der Waals surface area (Å²) in [4.78, 5) is 33.0. The molecule has 1 heterocycles. The fourth-order valence-corrected chi connectivity index (χ4v) is 2.47. The van der Waals surface area contributed by atoms with E-state index in [0.717, 1.165) is 38.4 Å². The topological polar surface area (TPSA) is 72.5 Å². The Morgan fingerprint density at radius 3 is 2.29 bits per heavy atom. The Kier molecular flexibility index (Phi) is 9.49. The normalized spacial score (nSPS) is 17.5. The molecular weight excluding hydrogens is 270 g/mol. The van der Waals surface area contributed by atoms with Gasteiger partial charge in [0.25, 0.3) is 0 Å². The molecule has 0 aromatic heterocycles. The Balaban J connectivity index is 1.86. The van der Waals surface area contributed by atoms with Crippen LogP contribution in [0.25, 0.3) is 0 Å². The minimum Gasteiger partial charge on any atom is -0.464 e. The predicted molar refractivity (Wildman–Crippen MR) is 79.7 cm³/mol. The van der Waals surface area contributed by atoms with Gasteiger partial charge in [0.15, 0.2) is 0 Å². The first-order valence-electron chi connectivity index (χ1n) is 8.13. The van der Waals surface area contributed by atoms with Crippen molar-refractivity contribution in [1.82, 2.24) is 5.32 Å². The van der Waals surface area contributed by atoms with Crippen LogP contribution in [-0.2, 0) is 19.1 Å². The number of hydrogen-bond donors (Lipinski definition) is 1. The monoisotopic (exact) mass is 297 g/mol. The van der Waals surface area contributed by atoms with E-state index >= 15 is 0 Å². The van der Waals surface area contributed by atoms with Crippen molar-refractivity contribution in [1.29, 1.82) is 0 Å². The van der Waals surface area contributed by atoms with Crippen molar-refractivity contribution >= 4 is 18.2 Å². The summed E-state index contributed by atoms with van der Waals surface area (Å²) < 4.78 is 4.80. The highest BCUT2D eigenvalue weighted by molar-refractivity contribution is 5.85. The Hall–Kier alpha value is -1.39. The van der Waals surface area contributed by atoms with E-state index in [9.17, 15) is 14.4 Å². The molecule has 1 N–H and O–H groups in total. The number of hydrogen-bond acceptors (Lipinski definition) is 4. The lowest BCUT2D eigenvalue weighted by atomic mass is 10.1. The minimum absolute atomic E-state index is 0.0484. The zero-order valence-corrected chi connectivity index (χ0v) is 12.8. The van der Waals surface area contributed by atoms with Crippen molar-refractivity contribution in [2.24, 2.45) is 0 Å². The average molecular weight is 297 g/mol. The highest BCUT2D eigenvalue weighted by Crippen LogP contribution is 2.11. The van der Waals surface area contributed by atoms with Crippen LogP contribution in [0.2, 0.25) is 0 Å². The molecular formula is C16H27NO4. The second kappa shape index (κ2) is 11.3. The molecule has 0 aromatic carbocycles. The molecule has 21 heavy (non-hydrogen) atoms. The molecule has 0 aromatic rings. The molecule has 1 aliphatic rings. The van der Waals surface area contributed by atoms with Gasteiger partial charge in [-0.05, 0) is 12.8 Å². The number of esters is 1. The lowest BCUT2D eigenvalue weighted by molar-refractivity contribution is -0.141. The molecule has 1 aliphatic heterocycles. The third kappa shape index (κ3) is 8.48. The van der Waals surface area contributed by atoms with E-state index in [-0.39, 0.29) is 11.9 Å². The highest BCUT2D eigenvalue weighted by atomic mass is 16.5. The molecule has 1 amide bonds. The van der Waals surface area contributed by atoms with Gasteiger partial charge in [-0.1, -0.05) is 38.5 Å². The van der Waals surface area contributed by atoms with E-state index in [1.54, 1.807) is 0 Å². The maximum Gasteiger partial charge on any atom is 0.328 e. The van der Waals surface area contributed by atoms with Gasteiger partial charge in [-0.3, -0.25) is 4.79 Å². The van der Waals surface area contributed by atoms with Crippen LogP contribution in [-0.4, -0.2) is 30.8 Å². The van der Waals surface area contributed by atoms with Gasteiger partial charge in [0.05, 0.1) is 6.61 Å². The lowest BCUT2D eigenvalue weighted by Crippen LogP contribution is -2.37. The second-order valence-corrected chi connectivity index (χ2v) is 5.61. The molecule has 1 atom stereocenters. The van der Waals surface area contributed by atoms with Crippen LogP contribution < -0.4 is 5.32 Å². The number of carbonyl (C=O) groups is 3. The number of carbonyl (C=O) groups excluding carboxylic acids is 3. The molecule has 0 aliphatic carbocycles. The van der Waals surface area contributed by atoms with Gasteiger partial charge < -0.3 is 14.8 Å². The summed E-state index contributed by atoms with van der Waals surface area (Å²) in [6.45, 7) is 0.413. The van der Waals surface area contributed by atoms with Crippen LogP contribution in [0.1, 0.15) is 70.6 Å². The van der Waals surface area contributed by atoms with Crippen LogP contribution in [0, 0.1) is 0 Å². The molecule has 1 fully saturated rings. The molecule has 1 rings (SSSR count). The molecule has 0 saturated carbocycles. The summed E-state index contributed by atoms with van der Waals surface area (Å²) in [5.41, 5.74) is 0. The molecule has 0 spiro atoms. The average Bonchev–Trinajstić information content (AvgIpc) is 2.86. The van der Waals surface area contributed by atoms with Gasteiger partial charge in [-0.2, -0.15) is 0 Å². The van der Waals surface area contributed by atoms with Crippen molar-refractivity contribution in [3.63, 3.8) is 0 Å². The Bertz CT molecular complexity index is 330. The van der Waals surface area contributed by atoms with Crippen LogP contribution in [0.15, 0.2) is 0 Å².